The summed E-state index contributed by atoms with van der Waals surface area (Å²) >= 11 is 0. The standard InChI is InChI=1S/C18H25N5O2/c1-4-25-16-8-6-15(7-9-16)22-17(24)14-12-20-18(21-13-14)19-10-5-11-23(2)3/h6-9,12-13H,4-5,10-11H2,1-3H3,(H,22,24)(H,19,20,21). The minimum Gasteiger partial charge on any atom is -0.494 e. The van der Waals surface area contributed by atoms with Gasteiger partial charge < -0.3 is 20.3 Å². The van der Waals surface area contributed by atoms with Gasteiger partial charge in [0, 0.05) is 24.6 Å². The van der Waals surface area contributed by atoms with Gasteiger partial charge in [-0.25, -0.2) is 9.97 Å². The molecule has 2 aromatic rings. The summed E-state index contributed by atoms with van der Waals surface area (Å²) in [5.41, 5.74) is 1.10. The molecule has 0 aliphatic carbocycles. The number of amides is 1. The first-order valence-corrected chi connectivity index (χ1v) is 8.33. The normalized spacial score (nSPS) is 10.6. The highest BCUT2D eigenvalue weighted by Crippen LogP contribution is 2.16. The largest absolute Gasteiger partial charge is 0.494 e. The van der Waals surface area contributed by atoms with Gasteiger partial charge in [0.25, 0.3) is 5.91 Å². The van der Waals surface area contributed by atoms with Gasteiger partial charge in [-0.2, -0.15) is 0 Å². The highest BCUT2D eigenvalue weighted by molar-refractivity contribution is 6.03. The predicted octanol–water partition coefficient (Wildman–Crippen LogP) is 2.49. The van der Waals surface area contributed by atoms with E-state index < -0.39 is 0 Å². The van der Waals surface area contributed by atoms with Crippen molar-refractivity contribution in [1.82, 2.24) is 14.9 Å². The molecule has 1 heterocycles. The average Bonchev–Trinajstić information content (AvgIpc) is 2.61. The third kappa shape index (κ3) is 6.39. The fraction of sp³-hybridized carbons (Fsp3) is 0.389. The van der Waals surface area contributed by atoms with Crippen LogP contribution in [0.25, 0.3) is 0 Å². The molecule has 134 valence electrons. The monoisotopic (exact) mass is 343 g/mol. The molecule has 1 aromatic heterocycles. The molecule has 0 aliphatic rings. The zero-order chi connectivity index (χ0) is 18.1. The van der Waals surface area contributed by atoms with E-state index in [1.165, 1.54) is 12.4 Å². The van der Waals surface area contributed by atoms with Crippen molar-refractivity contribution >= 4 is 17.5 Å². The Morgan fingerprint density at radius 3 is 2.44 bits per heavy atom. The Morgan fingerprint density at radius 1 is 1.16 bits per heavy atom. The Bertz CT molecular complexity index is 656. The molecule has 0 saturated carbocycles. The lowest BCUT2D eigenvalue weighted by molar-refractivity contribution is 0.102. The second-order valence-electron chi connectivity index (χ2n) is 5.79. The van der Waals surface area contributed by atoms with Crippen LogP contribution in [0, 0.1) is 0 Å². The molecule has 0 bridgehead atoms. The van der Waals surface area contributed by atoms with Gasteiger partial charge in [0.05, 0.1) is 12.2 Å². The summed E-state index contributed by atoms with van der Waals surface area (Å²) in [5, 5.41) is 5.95. The number of aromatic nitrogens is 2. The Kier molecular flexibility index (Phi) is 7.16. The van der Waals surface area contributed by atoms with E-state index in [-0.39, 0.29) is 5.91 Å². The van der Waals surface area contributed by atoms with Crippen LogP contribution in [-0.4, -0.2) is 54.6 Å². The van der Waals surface area contributed by atoms with Gasteiger partial charge in [-0.05, 0) is 58.3 Å². The molecule has 0 saturated heterocycles. The second-order valence-corrected chi connectivity index (χ2v) is 5.79. The fourth-order valence-corrected chi connectivity index (χ4v) is 2.14. The Morgan fingerprint density at radius 2 is 1.84 bits per heavy atom. The van der Waals surface area contributed by atoms with E-state index in [4.69, 9.17) is 4.74 Å². The SMILES string of the molecule is CCOc1ccc(NC(=O)c2cnc(NCCCN(C)C)nc2)cc1. The zero-order valence-electron chi connectivity index (χ0n) is 15.0. The average molecular weight is 343 g/mol. The lowest BCUT2D eigenvalue weighted by atomic mass is 10.2. The van der Waals surface area contributed by atoms with Crippen molar-refractivity contribution in [2.45, 2.75) is 13.3 Å². The molecule has 0 atom stereocenters. The van der Waals surface area contributed by atoms with Crippen LogP contribution < -0.4 is 15.4 Å². The summed E-state index contributed by atoms with van der Waals surface area (Å²) in [4.78, 5) is 22.7. The lowest BCUT2D eigenvalue weighted by Crippen LogP contribution is -2.17. The molecule has 25 heavy (non-hydrogen) atoms. The molecule has 1 amide bonds. The number of ether oxygens (including phenoxy) is 1. The van der Waals surface area contributed by atoms with Crippen molar-refractivity contribution in [1.29, 1.82) is 0 Å². The molecule has 0 aliphatic heterocycles. The molecule has 2 rings (SSSR count). The summed E-state index contributed by atoms with van der Waals surface area (Å²) in [5.74, 6) is 1.05. The number of benzene rings is 1. The number of anilines is 2. The highest BCUT2D eigenvalue weighted by atomic mass is 16.5. The minimum atomic E-state index is -0.247. The lowest BCUT2D eigenvalue weighted by Gasteiger charge is -2.10. The van der Waals surface area contributed by atoms with Gasteiger partial charge in [-0.1, -0.05) is 0 Å². The third-order valence-corrected chi connectivity index (χ3v) is 3.40. The number of nitrogens with one attached hydrogen (secondary N) is 2. The molecular weight excluding hydrogens is 318 g/mol. The first-order chi connectivity index (χ1) is 12.1. The third-order valence-electron chi connectivity index (χ3n) is 3.40. The van der Waals surface area contributed by atoms with Crippen molar-refractivity contribution in [3.63, 3.8) is 0 Å². The number of rotatable bonds is 9. The number of carbonyl (C=O) groups is 1. The van der Waals surface area contributed by atoms with Crippen molar-refractivity contribution in [3.05, 3.63) is 42.2 Å². The summed E-state index contributed by atoms with van der Waals surface area (Å²) in [6.07, 6.45) is 4.03. The van der Waals surface area contributed by atoms with Crippen LogP contribution in [0.2, 0.25) is 0 Å². The fourth-order valence-electron chi connectivity index (χ4n) is 2.14. The Hall–Kier alpha value is -2.67. The zero-order valence-corrected chi connectivity index (χ0v) is 15.0. The van der Waals surface area contributed by atoms with Crippen molar-refractivity contribution in [2.75, 3.05) is 44.4 Å². The van der Waals surface area contributed by atoms with Crippen molar-refractivity contribution in [3.8, 4) is 5.75 Å². The Labute approximate surface area is 148 Å². The maximum absolute atomic E-state index is 12.2. The maximum atomic E-state index is 12.2. The molecule has 0 fully saturated rings. The molecule has 0 unspecified atom stereocenters. The van der Waals surface area contributed by atoms with Crippen LogP contribution in [0.15, 0.2) is 36.7 Å². The molecular formula is C18H25N5O2. The van der Waals surface area contributed by atoms with E-state index in [1.54, 1.807) is 12.1 Å². The summed E-state index contributed by atoms with van der Waals surface area (Å²) in [6.45, 7) is 4.32. The van der Waals surface area contributed by atoms with Crippen LogP contribution in [0.4, 0.5) is 11.6 Å². The molecule has 7 heteroatoms. The van der Waals surface area contributed by atoms with E-state index in [2.05, 4.69) is 25.5 Å². The molecule has 2 N–H and O–H groups in total. The number of hydrogen-bond acceptors (Lipinski definition) is 6. The quantitative estimate of drug-likeness (QED) is 0.681. The van der Waals surface area contributed by atoms with Crippen LogP contribution in [-0.2, 0) is 0 Å². The maximum Gasteiger partial charge on any atom is 0.258 e. The van der Waals surface area contributed by atoms with E-state index in [1.807, 2.05) is 33.2 Å². The van der Waals surface area contributed by atoms with Gasteiger partial charge in [0.15, 0.2) is 0 Å². The first kappa shape index (κ1) is 18.7. The van der Waals surface area contributed by atoms with Crippen LogP contribution in [0.3, 0.4) is 0 Å². The second kappa shape index (κ2) is 9.58. The van der Waals surface area contributed by atoms with Gasteiger partial charge in [0.2, 0.25) is 5.95 Å². The van der Waals surface area contributed by atoms with E-state index in [9.17, 15) is 4.79 Å². The predicted molar refractivity (Wildman–Crippen MR) is 99.3 cm³/mol. The van der Waals surface area contributed by atoms with Gasteiger partial charge in [-0.3, -0.25) is 4.79 Å². The highest BCUT2D eigenvalue weighted by Gasteiger charge is 2.08. The van der Waals surface area contributed by atoms with Crippen LogP contribution in [0.5, 0.6) is 5.75 Å². The summed E-state index contributed by atoms with van der Waals surface area (Å²) in [7, 11) is 4.07. The molecule has 7 nitrogen and oxygen atoms in total. The van der Waals surface area contributed by atoms with Crippen molar-refractivity contribution < 1.29 is 9.53 Å². The first-order valence-electron chi connectivity index (χ1n) is 8.33. The van der Waals surface area contributed by atoms with Gasteiger partial charge in [-0.15, -0.1) is 0 Å². The summed E-state index contributed by atoms with van der Waals surface area (Å²) < 4.78 is 5.37. The van der Waals surface area contributed by atoms with Crippen molar-refractivity contribution in [2.24, 2.45) is 0 Å². The number of nitrogens with zero attached hydrogens (tertiary/aromatic N) is 3. The number of carbonyl (C=O) groups excluding carboxylic acids is 1. The van der Waals surface area contributed by atoms with E-state index in [0.717, 1.165) is 25.3 Å². The minimum absolute atomic E-state index is 0.247. The number of hydrogen-bond donors (Lipinski definition) is 2. The van der Waals surface area contributed by atoms with E-state index in [0.29, 0.717) is 23.8 Å². The smallest absolute Gasteiger partial charge is 0.258 e. The van der Waals surface area contributed by atoms with Gasteiger partial charge >= 0.3 is 0 Å². The van der Waals surface area contributed by atoms with Crippen LogP contribution >= 0.6 is 0 Å². The molecule has 1 aromatic carbocycles. The van der Waals surface area contributed by atoms with Crippen LogP contribution in [0.1, 0.15) is 23.7 Å². The Balaban J connectivity index is 1.85. The topological polar surface area (TPSA) is 79.4 Å². The molecule has 0 radical (unpaired) electrons. The van der Waals surface area contributed by atoms with Gasteiger partial charge in [0.1, 0.15) is 5.75 Å². The summed E-state index contributed by atoms with van der Waals surface area (Å²) in [6, 6.07) is 7.22. The van der Waals surface area contributed by atoms with E-state index >= 15 is 0 Å². The molecule has 0 spiro atoms.